The molecule has 0 bridgehead atoms. The molecule has 1 fully saturated rings. The van der Waals surface area contributed by atoms with Gasteiger partial charge in [0.25, 0.3) is 5.91 Å². The van der Waals surface area contributed by atoms with Crippen molar-refractivity contribution in [3.05, 3.63) is 53.6 Å². The molecule has 2 aliphatic rings. The van der Waals surface area contributed by atoms with Crippen LogP contribution >= 0.6 is 0 Å². The summed E-state index contributed by atoms with van der Waals surface area (Å²) in [6.07, 6.45) is 2.08. The van der Waals surface area contributed by atoms with Gasteiger partial charge in [-0.15, -0.1) is 0 Å². The summed E-state index contributed by atoms with van der Waals surface area (Å²) in [7, 11) is 0. The number of nitrogens with zero attached hydrogens (tertiary/aromatic N) is 1. The van der Waals surface area contributed by atoms with Crippen LogP contribution in [-0.2, 0) is 11.3 Å². The van der Waals surface area contributed by atoms with Gasteiger partial charge in [0.1, 0.15) is 0 Å². The van der Waals surface area contributed by atoms with E-state index < -0.39 is 0 Å². The van der Waals surface area contributed by atoms with Crippen molar-refractivity contribution >= 4 is 17.5 Å². The number of carbonyl (C=O) groups is 2. The number of carbonyl (C=O) groups excluding carboxylic acids is 2. The van der Waals surface area contributed by atoms with Crippen molar-refractivity contribution in [2.45, 2.75) is 32.4 Å². The van der Waals surface area contributed by atoms with Crippen LogP contribution in [0, 0.1) is 0 Å². The van der Waals surface area contributed by atoms with E-state index in [-0.39, 0.29) is 25.2 Å². The van der Waals surface area contributed by atoms with Crippen LogP contribution in [0.15, 0.2) is 42.5 Å². The number of benzene rings is 2. The monoisotopic (exact) mass is 395 g/mol. The Morgan fingerprint density at radius 3 is 2.72 bits per heavy atom. The van der Waals surface area contributed by atoms with E-state index in [0.29, 0.717) is 23.8 Å². The predicted molar refractivity (Wildman–Crippen MR) is 109 cm³/mol. The molecule has 0 spiro atoms. The van der Waals surface area contributed by atoms with E-state index in [2.05, 4.69) is 10.6 Å². The molecule has 0 radical (unpaired) electrons. The molecule has 2 amide bonds. The zero-order valence-corrected chi connectivity index (χ0v) is 16.4. The second kappa shape index (κ2) is 8.53. The zero-order chi connectivity index (χ0) is 20.2. The number of fused-ring (bicyclic) bond motifs is 1. The van der Waals surface area contributed by atoms with E-state index in [0.717, 1.165) is 36.4 Å². The fourth-order valence-corrected chi connectivity index (χ4v) is 3.22. The highest BCUT2D eigenvalue weighted by Gasteiger charge is 2.24. The largest absolute Gasteiger partial charge is 0.454 e. The van der Waals surface area contributed by atoms with E-state index in [1.54, 1.807) is 24.3 Å². The highest BCUT2D eigenvalue weighted by atomic mass is 16.7. The molecule has 7 heteroatoms. The minimum absolute atomic E-state index is 0.0957. The van der Waals surface area contributed by atoms with Crippen LogP contribution in [0.5, 0.6) is 11.5 Å². The van der Waals surface area contributed by atoms with Crippen LogP contribution in [0.4, 0.5) is 5.69 Å². The summed E-state index contributed by atoms with van der Waals surface area (Å²) >= 11 is 0. The number of likely N-dealkylation sites (N-methyl/N-ethyl adjacent to an activating group) is 1. The topological polar surface area (TPSA) is 79.9 Å². The van der Waals surface area contributed by atoms with E-state index in [4.69, 9.17) is 9.47 Å². The molecule has 1 saturated carbocycles. The third-order valence-corrected chi connectivity index (χ3v) is 4.98. The summed E-state index contributed by atoms with van der Waals surface area (Å²) in [5.74, 6) is 1.28. The van der Waals surface area contributed by atoms with Crippen molar-refractivity contribution in [2.75, 3.05) is 25.2 Å². The van der Waals surface area contributed by atoms with Gasteiger partial charge in [0.05, 0.1) is 6.54 Å². The molecule has 0 unspecified atom stereocenters. The fourth-order valence-electron chi connectivity index (χ4n) is 3.22. The Morgan fingerprint density at radius 2 is 1.93 bits per heavy atom. The van der Waals surface area contributed by atoms with Crippen LogP contribution in [0.2, 0.25) is 0 Å². The van der Waals surface area contributed by atoms with E-state index >= 15 is 0 Å². The average Bonchev–Trinajstić information content (AvgIpc) is 3.41. The zero-order valence-electron chi connectivity index (χ0n) is 16.4. The molecule has 152 valence electrons. The van der Waals surface area contributed by atoms with Crippen LogP contribution in [-0.4, -0.2) is 42.6 Å². The Hall–Kier alpha value is -3.06. The second-order valence-corrected chi connectivity index (χ2v) is 7.37. The van der Waals surface area contributed by atoms with Crippen LogP contribution < -0.4 is 20.1 Å². The van der Waals surface area contributed by atoms with E-state index in [1.165, 1.54) is 0 Å². The minimum Gasteiger partial charge on any atom is -0.454 e. The molecule has 0 aromatic heterocycles. The number of ether oxygens (including phenoxy) is 2. The molecule has 29 heavy (non-hydrogen) atoms. The molecular formula is C22H25N3O4. The first-order chi connectivity index (χ1) is 14.1. The van der Waals surface area contributed by atoms with Crippen LogP contribution in [0.25, 0.3) is 0 Å². The van der Waals surface area contributed by atoms with Crippen molar-refractivity contribution in [3.63, 3.8) is 0 Å². The lowest BCUT2D eigenvalue weighted by Gasteiger charge is -2.20. The Labute approximate surface area is 170 Å². The number of amides is 2. The van der Waals surface area contributed by atoms with Gasteiger partial charge in [-0.1, -0.05) is 19.1 Å². The summed E-state index contributed by atoms with van der Waals surface area (Å²) in [4.78, 5) is 26.8. The van der Waals surface area contributed by atoms with Crippen molar-refractivity contribution < 1.29 is 19.1 Å². The number of anilines is 1. The van der Waals surface area contributed by atoms with Gasteiger partial charge in [0.15, 0.2) is 11.5 Å². The molecule has 1 aliphatic heterocycles. The van der Waals surface area contributed by atoms with Crippen molar-refractivity contribution in [1.29, 1.82) is 0 Å². The fraction of sp³-hybridized carbons (Fsp3) is 0.364. The lowest BCUT2D eigenvalue weighted by Crippen LogP contribution is -2.32. The first kappa shape index (κ1) is 19.3. The molecular weight excluding hydrogens is 370 g/mol. The molecule has 1 heterocycles. The summed E-state index contributed by atoms with van der Waals surface area (Å²) in [6.45, 7) is 3.87. The lowest BCUT2D eigenvalue weighted by molar-refractivity contribution is -0.117. The summed E-state index contributed by atoms with van der Waals surface area (Å²) in [6, 6.07) is 13.2. The van der Waals surface area contributed by atoms with E-state index in [1.807, 2.05) is 30.0 Å². The van der Waals surface area contributed by atoms with Gasteiger partial charge < -0.3 is 20.1 Å². The van der Waals surface area contributed by atoms with Crippen molar-refractivity contribution in [2.24, 2.45) is 0 Å². The van der Waals surface area contributed by atoms with Gasteiger partial charge in [-0.25, -0.2) is 0 Å². The highest BCUT2D eigenvalue weighted by molar-refractivity contribution is 5.97. The molecule has 2 aromatic carbocycles. The Balaban J connectivity index is 1.33. The van der Waals surface area contributed by atoms with Crippen LogP contribution in [0.3, 0.4) is 0 Å². The standard InChI is InChI=1S/C22H25N3O4/c1-2-25(12-15-6-9-19-20(10-15)29-14-28-19)13-21(26)23-18-5-3-4-16(11-18)22(27)24-17-7-8-17/h3-6,9-11,17H,2,7-8,12-14H2,1H3,(H,23,26)(H,24,27). The molecule has 2 N–H and O–H groups in total. The molecule has 1 aliphatic carbocycles. The van der Waals surface area contributed by atoms with Gasteiger partial charge in [-0.3, -0.25) is 14.5 Å². The lowest BCUT2D eigenvalue weighted by atomic mass is 10.1. The highest BCUT2D eigenvalue weighted by Crippen LogP contribution is 2.32. The first-order valence-corrected chi connectivity index (χ1v) is 9.92. The maximum absolute atomic E-state index is 12.5. The quantitative estimate of drug-likeness (QED) is 0.719. The number of rotatable bonds is 8. The summed E-state index contributed by atoms with van der Waals surface area (Å²) in [5.41, 5.74) is 2.24. The minimum atomic E-state index is -0.118. The first-order valence-electron chi connectivity index (χ1n) is 9.92. The van der Waals surface area contributed by atoms with Gasteiger partial charge in [0.2, 0.25) is 12.7 Å². The molecule has 2 aromatic rings. The predicted octanol–water partition coefficient (Wildman–Crippen LogP) is 2.77. The Morgan fingerprint density at radius 1 is 1.10 bits per heavy atom. The Kier molecular flexibility index (Phi) is 5.67. The summed E-state index contributed by atoms with van der Waals surface area (Å²) in [5, 5.41) is 5.85. The van der Waals surface area contributed by atoms with Crippen molar-refractivity contribution in [1.82, 2.24) is 10.2 Å². The van der Waals surface area contributed by atoms with Crippen LogP contribution in [0.1, 0.15) is 35.7 Å². The smallest absolute Gasteiger partial charge is 0.251 e. The summed E-state index contributed by atoms with van der Waals surface area (Å²) < 4.78 is 10.8. The van der Waals surface area contributed by atoms with Crippen molar-refractivity contribution in [3.8, 4) is 11.5 Å². The maximum Gasteiger partial charge on any atom is 0.251 e. The Bertz CT molecular complexity index is 911. The van der Waals surface area contributed by atoms with Gasteiger partial charge in [-0.2, -0.15) is 0 Å². The SMILES string of the molecule is CCN(CC(=O)Nc1cccc(C(=O)NC2CC2)c1)Cc1ccc2c(c1)OCO2. The molecule has 4 rings (SSSR count). The second-order valence-electron chi connectivity index (χ2n) is 7.37. The van der Waals surface area contributed by atoms with Gasteiger partial charge >= 0.3 is 0 Å². The maximum atomic E-state index is 12.5. The normalized spacial score (nSPS) is 14.7. The number of hydrogen-bond donors (Lipinski definition) is 2. The molecule has 0 saturated heterocycles. The van der Waals surface area contributed by atoms with Gasteiger partial charge in [0, 0.05) is 23.8 Å². The van der Waals surface area contributed by atoms with Gasteiger partial charge in [-0.05, 0) is 55.3 Å². The number of hydrogen-bond acceptors (Lipinski definition) is 5. The van der Waals surface area contributed by atoms with E-state index in [9.17, 15) is 9.59 Å². The third-order valence-electron chi connectivity index (χ3n) is 4.98. The molecule has 0 atom stereocenters. The third kappa shape index (κ3) is 5.06. The average molecular weight is 395 g/mol. The number of nitrogens with one attached hydrogen (secondary N) is 2. The molecule has 7 nitrogen and oxygen atoms in total.